The maximum absolute atomic E-state index is 12.4. The Morgan fingerprint density at radius 2 is 2.00 bits per heavy atom. The van der Waals surface area contributed by atoms with Crippen molar-refractivity contribution in [1.82, 2.24) is 0 Å². The van der Waals surface area contributed by atoms with E-state index in [1.54, 1.807) is 13.0 Å². The number of carbonyl (C=O) groups excluding carboxylic acids is 1. The molecule has 0 fully saturated rings. The van der Waals surface area contributed by atoms with Crippen LogP contribution in [0, 0.1) is 10.1 Å². The van der Waals surface area contributed by atoms with Crippen LogP contribution in [0.1, 0.15) is 31.9 Å². The number of hydrogen-bond acceptors (Lipinski definition) is 6. The van der Waals surface area contributed by atoms with E-state index in [1.807, 2.05) is 41.3 Å². The molecule has 0 saturated heterocycles. The number of nitrogens with zero attached hydrogens (tertiary/aromatic N) is 2. The molecule has 2 aliphatic rings. The fraction of sp³-hybridized carbons (Fsp3) is 0.318. The zero-order valence-electron chi connectivity index (χ0n) is 16.5. The molecule has 4 rings (SSSR count). The fourth-order valence-electron chi connectivity index (χ4n) is 4.24. The Bertz CT molecular complexity index is 1030. The number of nitro benzene ring substituents is 1. The lowest BCUT2D eigenvalue weighted by molar-refractivity contribution is -0.384. The first-order valence-corrected chi connectivity index (χ1v) is 9.49. The summed E-state index contributed by atoms with van der Waals surface area (Å²) < 4.78 is 11.7. The summed E-state index contributed by atoms with van der Waals surface area (Å²) >= 11 is 0. The number of hydrogen-bond donors (Lipinski definition) is 0. The molecule has 1 atom stereocenters. The molecule has 7 nitrogen and oxygen atoms in total. The van der Waals surface area contributed by atoms with Gasteiger partial charge in [-0.1, -0.05) is 18.2 Å². The Balaban J connectivity index is 1.83. The molecule has 0 amide bonds. The van der Waals surface area contributed by atoms with Crippen molar-refractivity contribution in [3.8, 4) is 5.75 Å². The van der Waals surface area contributed by atoms with Crippen LogP contribution in [0.2, 0.25) is 0 Å². The monoisotopic (exact) mass is 394 g/mol. The minimum absolute atomic E-state index is 0.00491. The van der Waals surface area contributed by atoms with Gasteiger partial charge in [0.15, 0.2) is 0 Å². The Labute approximate surface area is 168 Å². The Morgan fingerprint density at radius 3 is 2.72 bits per heavy atom. The maximum atomic E-state index is 12.4. The second-order valence-electron chi connectivity index (χ2n) is 7.64. The number of rotatable bonds is 4. The van der Waals surface area contributed by atoms with E-state index in [-0.39, 0.29) is 18.2 Å². The van der Waals surface area contributed by atoms with Crippen molar-refractivity contribution < 1.29 is 19.2 Å². The highest BCUT2D eigenvalue weighted by atomic mass is 16.6. The molecule has 0 N–H and O–H groups in total. The highest BCUT2D eigenvalue weighted by Gasteiger charge is 2.59. The molecule has 2 aromatic rings. The van der Waals surface area contributed by atoms with Crippen LogP contribution in [0.3, 0.4) is 0 Å². The predicted octanol–water partition coefficient (Wildman–Crippen LogP) is 4.06. The topological polar surface area (TPSA) is 81.9 Å². The van der Waals surface area contributed by atoms with E-state index in [4.69, 9.17) is 9.47 Å². The Morgan fingerprint density at radius 1 is 1.24 bits per heavy atom. The van der Waals surface area contributed by atoms with Crippen molar-refractivity contribution >= 4 is 23.4 Å². The van der Waals surface area contributed by atoms with Crippen LogP contribution in [-0.4, -0.2) is 29.8 Å². The zero-order chi connectivity index (χ0) is 20.8. The molecule has 0 radical (unpaired) electrons. The van der Waals surface area contributed by atoms with Gasteiger partial charge >= 0.3 is 5.97 Å². The van der Waals surface area contributed by atoms with Gasteiger partial charge in [0.05, 0.1) is 16.9 Å². The number of benzene rings is 2. The summed E-state index contributed by atoms with van der Waals surface area (Å²) in [5, 5.41) is 11.1. The van der Waals surface area contributed by atoms with Crippen molar-refractivity contribution in [1.29, 1.82) is 0 Å². The largest absolute Gasteiger partial charge is 0.465 e. The number of non-ortho nitro benzene ring substituents is 1. The molecule has 0 saturated carbocycles. The van der Waals surface area contributed by atoms with Gasteiger partial charge in [0.25, 0.3) is 5.69 Å². The molecule has 2 heterocycles. The molecular formula is C22H22N2O5. The molecular weight excluding hydrogens is 372 g/mol. The van der Waals surface area contributed by atoms with Gasteiger partial charge in [-0.2, -0.15) is 0 Å². The van der Waals surface area contributed by atoms with Crippen LogP contribution in [0.5, 0.6) is 5.75 Å². The standard InChI is InChI=1S/C22H22N2O5/c1-4-28-20(25)14-23-18-8-6-5-7-17(18)21(2,3)22(23)12-11-15-13-16(24(26)27)9-10-19(15)29-22/h5-13H,4,14H2,1-3H3. The molecule has 2 aliphatic heterocycles. The quantitative estimate of drug-likeness (QED) is 0.442. The lowest BCUT2D eigenvalue weighted by Crippen LogP contribution is -2.60. The van der Waals surface area contributed by atoms with E-state index >= 15 is 0 Å². The van der Waals surface area contributed by atoms with E-state index in [0.717, 1.165) is 11.3 Å². The van der Waals surface area contributed by atoms with Crippen LogP contribution >= 0.6 is 0 Å². The van der Waals surface area contributed by atoms with Crippen LogP contribution in [0.25, 0.3) is 6.08 Å². The third-order valence-corrected chi connectivity index (χ3v) is 5.72. The highest BCUT2D eigenvalue weighted by Crippen LogP contribution is 2.54. The summed E-state index contributed by atoms with van der Waals surface area (Å²) in [6, 6.07) is 12.4. The first-order chi connectivity index (χ1) is 13.8. The fourth-order valence-corrected chi connectivity index (χ4v) is 4.24. The van der Waals surface area contributed by atoms with E-state index in [0.29, 0.717) is 17.9 Å². The first-order valence-electron chi connectivity index (χ1n) is 9.49. The Hall–Kier alpha value is -3.35. The zero-order valence-corrected chi connectivity index (χ0v) is 16.5. The third-order valence-electron chi connectivity index (χ3n) is 5.72. The highest BCUT2D eigenvalue weighted by molar-refractivity contribution is 5.81. The number of fused-ring (bicyclic) bond motifs is 2. The minimum atomic E-state index is -0.966. The molecule has 0 bridgehead atoms. The predicted molar refractivity (Wildman–Crippen MR) is 109 cm³/mol. The smallest absolute Gasteiger partial charge is 0.325 e. The first kappa shape index (κ1) is 19.0. The van der Waals surface area contributed by atoms with Crippen molar-refractivity contribution in [2.45, 2.75) is 31.9 Å². The van der Waals surface area contributed by atoms with Crippen LogP contribution in [-0.2, 0) is 14.9 Å². The summed E-state index contributed by atoms with van der Waals surface area (Å²) in [4.78, 5) is 25.0. The molecule has 7 heteroatoms. The second kappa shape index (κ2) is 6.62. The van der Waals surface area contributed by atoms with Crippen molar-refractivity contribution in [2.75, 3.05) is 18.1 Å². The van der Waals surface area contributed by atoms with Gasteiger partial charge in [-0.3, -0.25) is 14.9 Å². The Kier molecular flexibility index (Phi) is 4.33. The molecule has 150 valence electrons. The van der Waals surface area contributed by atoms with Crippen LogP contribution in [0.15, 0.2) is 48.5 Å². The number of esters is 1. The number of para-hydroxylation sites is 1. The van der Waals surface area contributed by atoms with Gasteiger partial charge in [0.1, 0.15) is 12.3 Å². The van der Waals surface area contributed by atoms with Gasteiger partial charge in [0.2, 0.25) is 5.72 Å². The molecule has 1 unspecified atom stereocenters. The minimum Gasteiger partial charge on any atom is -0.465 e. The van der Waals surface area contributed by atoms with Crippen LogP contribution in [0.4, 0.5) is 11.4 Å². The van der Waals surface area contributed by atoms with Crippen molar-refractivity contribution in [2.24, 2.45) is 0 Å². The lowest BCUT2D eigenvalue weighted by Gasteiger charge is -2.46. The van der Waals surface area contributed by atoms with E-state index in [9.17, 15) is 14.9 Å². The SMILES string of the molecule is CCOC(=O)CN1c2ccccc2C(C)(C)C12C=Cc1cc([N+](=O)[O-])ccc1O2. The van der Waals surface area contributed by atoms with Crippen molar-refractivity contribution in [3.05, 3.63) is 69.8 Å². The number of ether oxygens (including phenoxy) is 2. The maximum Gasteiger partial charge on any atom is 0.325 e. The average Bonchev–Trinajstić information content (AvgIpc) is 2.87. The van der Waals surface area contributed by atoms with Gasteiger partial charge in [-0.05, 0) is 50.6 Å². The summed E-state index contributed by atoms with van der Waals surface area (Å²) in [7, 11) is 0. The number of nitro groups is 1. The molecule has 0 aliphatic carbocycles. The average molecular weight is 394 g/mol. The van der Waals surface area contributed by atoms with Crippen molar-refractivity contribution in [3.63, 3.8) is 0 Å². The number of anilines is 1. The van der Waals surface area contributed by atoms with E-state index in [1.165, 1.54) is 12.1 Å². The van der Waals surface area contributed by atoms with Gasteiger partial charge in [-0.15, -0.1) is 0 Å². The van der Waals surface area contributed by atoms with E-state index in [2.05, 4.69) is 13.8 Å². The second-order valence-corrected chi connectivity index (χ2v) is 7.64. The van der Waals surface area contributed by atoms with Crippen LogP contribution < -0.4 is 9.64 Å². The molecule has 29 heavy (non-hydrogen) atoms. The molecule has 1 spiro atoms. The number of carbonyl (C=O) groups is 1. The third kappa shape index (κ3) is 2.76. The molecule has 2 aromatic carbocycles. The summed E-state index contributed by atoms with van der Waals surface area (Å²) in [6.45, 7) is 6.24. The summed E-state index contributed by atoms with van der Waals surface area (Å²) in [5.41, 5.74) is 1.14. The van der Waals surface area contributed by atoms with Gasteiger partial charge in [0, 0.05) is 23.4 Å². The molecule has 0 aromatic heterocycles. The van der Waals surface area contributed by atoms with E-state index < -0.39 is 16.1 Å². The van der Waals surface area contributed by atoms with Gasteiger partial charge in [-0.25, -0.2) is 0 Å². The lowest BCUT2D eigenvalue weighted by atomic mass is 9.76. The summed E-state index contributed by atoms with van der Waals surface area (Å²) in [6.07, 6.45) is 3.72. The van der Waals surface area contributed by atoms with Gasteiger partial charge < -0.3 is 14.4 Å². The summed E-state index contributed by atoms with van der Waals surface area (Å²) in [5.74, 6) is 0.193. The normalized spacial score (nSPS) is 20.7.